The van der Waals surface area contributed by atoms with Crippen LogP contribution in [0, 0.1) is 5.82 Å². The van der Waals surface area contributed by atoms with E-state index < -0.39 is 15.8 Å². The minimum atomic E-state index is -3.69. The lowest BCUT2D eigenvalue weighted by Crippen LogP contribution is -2.37. The van der Waals surface area contributed by atoms with Crippen molar-refractivity contribution in [3.05, 3.63) is 48.3 Å². The number of morpholine rings is 1. The van der Waals surface area contributed by atoms with Crippen LogP contribution in [-0.4, -0.2) is 64.6 Å². The highest BCUT2D eigenvalue weighted by molar-refractivity contribution is 7.89. The largest absolute Gasteiger partial charge is 0.493 e. The monoisotopic (exact) mass is 479 g/mol. The van der Waals surface area contributed by atoms with Crippen LogP contribution >= 0.6 is 0 Å². The Kier molecular flexibility index (Phi) is 8.65. The van der Waals surface area contributed by atoms with Gasteiger partial charge < -0.3 is 19.7 Å². The predicted octanol–water partition coefficient (Wildman–Crippen LogP) is 3.10. The van der Waals surface area contributed by atoms with E-state index in [1.807, 2.05) is 0 Å². The van der Waals surface area contributed by atoms with E-state index in [4.69, 9.17) is 9.47 Å². The fourth-order valence-corrected chi connectivity index (χ4v) is 5.08. The number of rotatable bonds is 10. The van der Waals surface area contributed by atoms with Gasteiger partial charge in [-0.05, 0) is 30.3 Å². The molecule has 1 amide bonds. The Bertz CT molecular complexity index is 1050. The summed E-state index contributed by atoms with van der Waals surface area (Å²) in [6.45, 7) is 6.69. The molecule has 1 fully saturated rings. The Balaban J connectivity index is 1.78. The molecule has 180 valence electrons. The van der Waals surface area contributed by atoms with E-state index in [1.54, 1.807) is 32.0 Å². The number of hydrogen-bond acceptors (Lipinski definition) is 6. The van der Waals surface area contributed by atoms with Crippen molar-refractivity contribution in [3.8, 4) is 5.75 Å². The van der Waals surface area contributed by atoms with Crippen LogP contribution in [0.5, 0.6) is 5.75 Å². The zero-order valence-electron chi connectivity index (χ0n) is 18.9. The first kappa shape index (κ1) is 24.9. The Morgan fingerprint density at radius 3 is 2.55 bits per heavy atom. The number of nitrogens with zero attached hydrogens (tertiary/aromatic N) is 2. The van der Waals surface area contributed by atoms with E-state index in [0.29, 0.717) is 50.8 Å². The highest BCUT2D eigenvalue weighted by Gasteiger charge is 2.24. The van der Waals surface area contributed by atoms with Crippen LogP contribution in [0.1, 0.15) is 20.3 Å². The average Bonchev–Trinajstić information content (AvgIpc) is 2.80. The lowest BCUT2D eigenvalue weighted by Gasteiger charge is -2.31. The molecule has 2 aromatic rings. The third-order valence-corrected chi connectivity index (χ3v) is 7.38. The van der Waals surface area contributed by atoms with Crippen molar-refractivity contribution in [2.75, 3.05) is 56.2 Å². The van der Waals surface area contributed by atoms with Gasteiger partial charge in [0.1, 0.15) is 11.6 Å². The van der Waals surface area contributed by atoms with Gasteiger partial charge in [0.2, 0.25) is 15.9 Å². The van der Waals surface area contributed by atoms with Gasteiger partial charge in [-0.15, -0.1) is 0 Å². The zero-order chi connectivity index (χ0) is 23.8. The normalized spacial score (nSPS) is 14.4. The second-order valence-corrected chi connectivity index (χ2v) is 9.41. The molecule has 0 saturated carbocycles. The van der Waals surface area contributed by atoms with E-state index in [1.165, 1.54) is 28.6 Å². The molecule has 0 bridgehead atoms. The summed E-state index contributed by atoms with van der Waals surface area (Å²) in [6.07, 6.45) is 0.0199. The fourth-order valence-electron chi connectivity index (χ4n) is 3.60. The van der Waals surface area contributed by atoms with Crippen LogP contribution in [0.25, 0.3) is 0 Å². The number of hydrogen-bond donors (Lipinski definition) is 1. The second-order valence-electron chi connectivity index (χ2n) is 7.47. The van der Waals surface area contributed by atoms with Gasteiger partial charge in [-0.3, -0.25) is 4.79 Å². The van der Waals surface area contributed by atoms with Gasteiger partial charge in [-0.1, -0.05) is 19.9 Å². The quantitative estimate of drug-likeness (QED) is 0.564. The number of nitrogens with one attached hydrogen (secondary N) is 1. The topological polar surface area (TPSA) is 88.2 Å². The molecule has 1 N–H and O–H groups in total. The molecular weight excluding hydrogens is 449 g/mol. The van der Waals surface area contributed by atoms with Crippen molar-refractivity contribution in [1.82, 2.24) is 4.31 Å². The molecule has 10 heteroatoms. The number of halogens is 1. The van der Waals surface area contributed by atoms with E-state index in [0.717, 1.165) is 5.69 Å². The Morgan fingerprint density at radius 1 is 1.15 bits per heavy atom. The highest BCUT2D eigenvalue weighted by Crippen LogP contribution is 2.31. The summed E-state index contributed by atoms with van der Waals surface area (Å²) in [5.74, 6) is -0.416. The van der Waals surface area contributed by atoms with Crippen molar-refractivity contribution in [2.45, 2.75) is 25.2 Å². The van der Waals surface area contributed by atoms with Gasteiger partial charge >= 0.3 is 0 Å². The molecule has 1 aliphatic rings. The molecule has 1 aliphatic heterocycles. The van der Waals surface area contributed by atoms with Crippen molar-refractivity contribution < 1.29 is 27.1 Å². The van der Waals surface area contributed by atoms with Crippen LogP contribution < -0.4 is 15.0 Å². The van der Waals surface area contributed by atoms with Crippen molar-refractivity contribution in [2.24, 2.45) is 0 Å². The van der Waals surface area contributed by atoms with Crippen LogP contribution in [0.4, 0.5) is 15.8 Å². The first-order chi connectivity index (χ1) is 15.8. The average molecular weight is 480 g/mol. The Hall–Kier alpha value is -2.69. The lowest BCUT2D eigenvalue weighted by atomic mass is 10.2. The number of amides is 1. The number of carbonyl (C=O) groups is 1. The lowest BCUT2D eigenvalue weighted by molar-refractivity contribution is -0.116. The molecule has 0 unspecified atom stereocenters. The molecule has 0 radical (unpaired) electrons. The predicted molar refractivity (Wildman–Crippen MR) is 125 cm³/mol. The molecule has 1 saturated heterocycles. The number of ether oxygens (including phenoxy) is 2. The van der Waals surface area contributed by atoms with E-state index in [9.17, 15) is 17.6 Å². The summed E-state index contributed by atoms with van der Waals surface area (Å²) in [7, 11) is -3.69. The fraction of sp³-hybridized carbons (Fsp3) is 0.435. The first-order valence-electron chi connectivity index (χ1n) is 11.0. The van der Waals surface area contributed by atoms with Crippen LogP contribution in [-0.2, 0) is 19.6 Å². The molecule has 3 rings (SSSR count). The summed E-state index contributed by atoms with van der Waals surface area (Å²) in [5, 5.41) is 2.83. The minimum Gasteiger partial charge on any atom is -0.493 e. The Morgan fingerprint density at radius 2 is 1.88 bits per heavy atom. The first-order valence-corrected chi connectivity index (χ1v) is 12.4. The van der Waals surface area contributed by atoms with Gasteiger partial charge in [0.05, 0.1) is 42.5 Å². The van der Waals surface area contributed by atoms with Crippen LogP contribution in [0.15, 0.2) is 47.4 Å². The van der Waals surface area contributed by atoms with E-state index >= 15 is 0 Å². The number of anilines is 2. The zero-order valence-corrected chi connectivity index (χ0v) is 19.7. The second kappa shape index (κ2) is 11.4. The maximum atomic E-state index is 13.3. The summed E-state index contributed by atoms with van der Waals surface area (Å²) in [4.78, 5) is 14.8. The molecule has 0 atom stereocenters. The molecule has 0 aromatic heterocycles. The maximum absolute atomic E-state index is 13.3. The van der Waals surface area contributed by atoms with Crippen molar-refractivity contribution in [1.29, 1.82) is 0 Å². The number of sulfonamides is 1. The molecular formula is C23H30FN3O5S. The summed E-state index contributed by atoms with van der Waals surface area (Å²) < 4.78 is 51.5. The van der Waals surface area contributed by atoms with Gasteiger partial charge in [-0.25, -0.2) is 12.8 Å². The smallest absolute Gasteiger partial charge is 0.243 e. The van der Waals surface area contributed by atoms with Crippen molar-refractivity contribution >= 4 is 27.3 Å². The summed E-state index contributed by atoms with van der Waals surface area (Å²) in [6, 6.07) is 10.5. The summed E-state index contributed by atoms with van der Waals surface area (Å²) >= 11 is 0. The molecule has 0 spiro atoms. The van der Waals surface area contributed by atoms with E-state index in [2.05, 4.69) is 10.2 Å². The Labute approximate surface area is 194 Å². The number of carbonyl (C=O) groups excluding carboxylic acids is 1. The molecule has 2 aromatic carbocycles. The molecule has 1 heterocycles. The minimum absolute atomic E-state index is 0.0199. The standard InChI is InChI=1S/C23H30FN3O5S/c1-3-27(4-2)33(29,30)20-8-9-22(26-11-14-31-15-12-26)21(17-20)25-23(28)10-13-32-19-7-5-6-18(24)16-19/h5-9,16-17H,3-4,10-15H2,1-2H3,(H,25,28). The molecule has 8 nitrogen and oxygen atoms in total. The third kappa shape index (κ3) is 6.43. The SMILES string of the molecule is CCN(CC)S(=O)(=O)c1ccc(N2CCOCC2)c(NC(=O)CCOc2cccc(F)c2)c1. The van der Waals surface area contributed by atoms with Crippen molar-refractivity contribution in [3.63, 3.8) is 0 Å². The van der Waals surface area contributed by atoms with Gasteiger partial charge in [0.15, 0.2) is 0 Å². The number of benzene rings is 2. The summed E-state index contributed by atoms with van der Waals surface area (Å²) in [5.41, 5.74) is 1.15. The molecule has 0 aliphatic carbocycles. The van der Waals surface area contributed by atoms with Gasteiger partial charge in [-0.2, -0.15) is 4.31 Å². The highest BCUT2D eigenvalue weighted by atomic mass is 32.2. The van der Waals surface area contributed by atoms with Crippen LogP contribution in [0.2, 0.25) is 0 Å². The van der Waals surface area contributed by atoms with Gasteiger partial charge in [0, 0.05) is 32.2 Å². The third-order valence-electron chi connectivity index (χ3n) is 5.33. The maximum Gasteiger partial charge on any atom is 0.243 e. The molecule has 33 heavy (non-hydrogen) atoms. The van der Waals surface area contributed by atoms with E-state index in [-0.39, 0.29) is 23.8 Å². The van der Waals surface area contributed by atoms with Crippen LogP contribution in [0.3, 0.4) is 0 Å². The van der Waals surface area contributed by atoms with Gasteiger partial charge in [0.25, 0.3) is 0 Å².